The molecule has 0 saturated carbocycles. The first-order chi connectivity index (χ1) is 26.3. The molecule has 0 amide bonds. The van der Waals surface area contributed by atoms with Crippen LogP contribution in [-0.4, -0.2) is 0 Å². The lowest BCUT2D eigenvalue weighted by atomic mass is 9.83. The number of rotatable bonds is 4. The lowest BCUT2D eigenvalue weighted by Crippen LogP contribution is -1.93. The van der Waals surface area contributed by atoms with Crippen LogP contribution in [0.5, 0.6) is 0 Å². The van der Waals surface area contributed by atoms with Gasteiger partial charge in [-0.25, -0.2) is 0 Å². The van der Waals surface area contributed by atoms with Gasteiger partial charge in [0.2, 0.25) is 0 Å². The maximum absolute atomic E-state index is 6.50. The van der Waals surface area contributed by atoms with Crippen molar-refractivity contribution in [3.63, 3.8) is 0 Å². The van der Waals surface area contributed by atoms with Crippen LogP contribution in [0.1, 0.15) is 0 Å². The predicted molar refractivity (Wildman–Crippen MR) is 225 cm³/mol. The molecule has 0 aliphatic heterocycles. The molecule has 1 heteroatoms. The molecule has 53 heavy (non-hydrogen) atoms. The van der Waals surface area contributed by atoms with Crippen LogP contribution in [0.3, 0.4) is 0 Å². The molecule has 1 heterocycles. The van der Waals surface area contributed by atoms with Crippen LogP contribution in [0.15, 0.2) is 199 Å². The molecule has 11 aromatic rings. The Kier molecular flexibility index (Phi) is 6.62. The first kappa shape index (κ1) is 29.7. The Morgan fingerprint density at radius 3 is 1.57 bits per heavy atom. The maximum Gasteiger partial charge on any atom is 0.136 e. The van der Waals surface area contributed by atoms with Crippen molar-refractivity contribution in [1.82, 2.24) is 0 Å². The van der Waals surface area contributed by atoms with Crippen LogP contribution in [0, 0.1) is 0 Å². The number of fused-ring (bicyclic) bond motifs is 7. The first-order valence-corrected chi connectivity index (χ1v) is 18.3. The lowest BCUT2D eigenvalue weighted by Gasteiger charge is -2.20. The topological polar surface area (TPSA) is 13.1 Å². The molecular formula is C52H32O. The van der Waals surface area contributed by atoms with Crippen molar-refractivity contribution in [2.45, 2.75) is 0 Å². The van der Waals surface area contributed by atoms with Crippen LogP contribution < -0.4 is 0 Å². The number of hydrogen-bond acceptors (Lipinski definition) is 1. The maximum atomic E-state index is 6.50. The molecule has 10 aromatic carbocycles. The lowest BCUT2D eigenvalue weighted by molar-refractivity contribution is 0.669. The van der Waals surface area contributed by atoms with Crippen molar-refractivity contribution in [2.24, 2.45) is 0 Å². The fraction of sp³-hybridized carbons (Fsp3) is 0. The SMILES string of the molecule is c1ccc(-c2c3ccccc3c(-c3cc(-c4ccc5oc6ccccc6c5c4-c4ccc5ccccc5c4)cc4ccccc34)c3ccccc23)cc1. The highest BCUT2D eigenvalue weighted by atomic mass is 16.3. The van der Waals surface area contributed by atoms with E-state index in [1.165, 1.54) is 87.6 Å². The molecule has 0 radical (unpaired) electrons. The van der Waals surface area contributed by atoms with Crippen LogP contribution in [0.25, 0.3) is 110 Å². The summed E-state index contributed by atoms with van der Waals surface area (Å²) in [6.45, 7) is 0. The minimum atomic E-state index is 0.896. The van der Waals surface area contributed by atoms with Gasteiger partial charge in [-0.15, -0.1) is 0 Å². The van der Waals surface area contributed by atoms with Gasteiger partial charge in [0.05, 0.1) is 0 Å². The fourth-order valence-corrected chi connectivity index (χ4v) is 8.71. The molecule has 0 saturated heterocycles. The summed E-state index contributed by atoms with van der Waals surface area (Å²) in [4.78, 5) is 0. The van der Waals surface area contributed by atoms with Crippen LogP contribution in [0.4, 0.5) is 0 Å². The minimum absolute atomic E-state index is 0.896. The highest BCUT2D eigenvalue weighted by Gasteiger charge is 2.22. The monoisotopic (exact) mass is 672 g/mol. The summed E-state index contributed by atoms with van der Waals surface area (Å²) in [7, 11) is 0. The van der Waals surface area contributed by atoms with E-state index in [2.05, 4.69) is 194 Å². The standard InChI is InChI=1S/C52H32O/c1-2-15-34(16-3-1)49-41-20-8-10-22-43(41)51(44-23-11-9-21-42(44)49)46-32-38(31-36-18-6-7-19-39(36)46)40-28-29-48-52(45-24-12-13-25-47(45)53-48)50(40)37-27-26-33-14-4-5-17-35(33)30-37/h1-32H. The third kappa shape index (κ3) is 4.64. The zero-order valence-corrected chi connectivity index (χ0v) is 28.9. The summed E-state index contributed by atoms with van der Waals surface area (Å²) in [6, 6.07) is 70.7. The van der Waals surface area contributed by atoms with Gasteiger partial charge < -0.3 is 4.42 Å². The number of para-hydroxylation sites is 1. The quantitative estimate of drug-likeness (QED) is 0.170. The largest absolute Gasteiger partial charge is 0.456 e. The number of furan rings is 1. The molecule has 0 unspecified atom stereocenters. The van der Waals surface area contributed by atoms with Gasteiger partial charge in [-0.3, -0.25) is 0 Å². The highest BCUT2D eigenvalue weighted by Crippen LogP contribution is 2.48. The van der Waals surface area contributed by atoms with E-state index in [1.807, 2.05) is 0 Å². The second-order valence-electron chi connectivity index (χ2n) is 14.0. The van der Waals surface area contributed by atoms with E-state index in [-0.39, 0.29) is 0 Å². The minimum Gasteiger partial charge on any atom is -0.456 e. The molecule has 246 valence electrons. The molecule has 1 aromatic heterocycles. The molecule has 0 aliphatic carbocycles. The zero-order valence-electron chi connectivity index (χ0n) is 28.9. The van der Waals surface area contributed by atoms with Gasteiger partial charge in [0.25, 0.3) is 0 Å². The second kappa shape index (κ2) is 11.8. The van der Waals surface area contributed by atoms with E-state index in [0.717, 1.165) is 21.9 Å². The third-order valence-corrected chi connectivity index (χ3v) is 11.0. The van der Waals surface area contributed by atoms with E-state index in [0.29, 0.717) is 0 Å². The van der Waals surface area contributed by atoms with Gasteiger partial charge >= 0.3 is 0 Å². The van der Waals surface area contributed by atoms with E-state index < -0.39 is 0 Å². The van der Waals surface area contributed by atoms with Gasteiger partial charge in [-0.2, -0.15) is 0 Å². The molecule has 0 bridgehead atoms. The Hall–Kier alpha value is -6.96. The highest BCUT2D eigenvalue weighted by molar-refractivity contribution is 6.24. The Morgan fingerprint density at radius 1 is 0.264 bits per heavy atom. The summed E-state index contributed by atoms with van der Waals surface area (Å²) in [5.74, 6) is 0. The summed E-state index contributed by atoms with van der Waals surface area (Å²) in [5.41, 5.74) is 11.5. The van der Waals surface area contributed by atoms with Crippen molar-refractivity contribution in [3.05, 3.63) is 194 Å². The number of benzene rings is 10. The average Bonchev–Trinajstić information content (AvgIpc) is 3.61. The average molecular weight is 673 g/mol. The van der Waals surface area contributed by atoms with Gasteiger partial charge in [-0.05, 0) is 112 Å². The van der Waals surface area contributed by atoms with Crippen LogP contribution >= 0.6 is 0 Å². The molecule has 0 fully saturated rings. The van der Waals surface area contributed by atoms with Crippen molar-refractivity contribution < 1.29 is 4.42 Å². The van der Waals surface area contributed by atoms with Crippen LogP contribution in [-0.2, 0) is 0 Å². The number of hydrogen-bond donors (Lipinski definition) is 0. The zero-order chi connectivity index (χ0) is 34.9. The Bertz CT molecular complexity index is 3160. The summed E-state index contributed by atoms with van der Waals surface area (Å²) < 4.78 is 6.50. The third-order valence-electron chi connectivity index (χ3n) is 11.0. The second-order valence-corrected chi connectivity index (χ2v) is 14.0. The summed E-state index contributed by atoms with van der Waals surface area (Å²) in [5, 5.41) is 12.2. The first-order valence-electron chi connectivity index (χ1n) is 18.3. The van der Waals surface area contributed by atoms with E-state index in [1.54, 1.807) is 0 Å². The normalized spacial score (nSPS) is 11.8. The van der Waals surface area contributed by atoms with E-state index in [4.69, 9.17) is 4.42 Å². The molecule has 11 rings (SSSR count). The Labute approximate surface area is 307 Å². The smallest absolute Gasteiger partial charge is 0.136 e. The van der Waals surface area contributed by atoms with Crippen LogP contribution in [0.2, 0.25) is 0 Å². The molecule has 0 N–H and O–H groups in total. The van der Waals surface area contributed by atoms with Crippen molar-refractivity contribution in [3.8, 4) is 44.5 Å². The van der Waals surface area contributed by atoms with E-state index in [9.17, 15) is 0 Å². The fourth-order valence-electron chi connectivity index (χ4n) is 8.71. The molecular weight excluding hydrogens is 641 g/mol. The summed E-state index contributed by atoms with van der Waals surface area (Å²) in [6.07, 6.45) is 0. The molecule has 0 atom stereocenters. The van der Waals surface area contributed by atoms with Gasteiger partial charge in [-0.1, -0.05) is 164 Å². The van der Waals surface area contributed by atoms with Gasteiger partial charge in [0, 0.05) is 16.3 Å². The van der Waals surface area contributed by atoms with Crippen molar-refractivity contribution >= 4 is 65.0 Å². The Morgan fingerprint density at radius 2 is 0.830 bits per heavy atom. The summed E-state index contributed by atoms with van der Waals surface area (Å²) >= 11 is 0. The molecule has 0 aliphatic rings. The van der Waals surface area contributed by atoms with Gasteiger partial charge in [0.1, 0.15) is 11.2 Å². The van der Waals surface area contributed by atoms with Gasteiger partial charge in [0.15, 0.2) is 0 Å². The van der Waals surface area contributed by atoms with Crippen molar-refractivity contribution in [2.75, 3.05) is 0 Å². The Balaban J connectivity index is 1.27. The van der Waals surface area contributed by atoms with E-state index >= 15 is 0 Å². The molecule has 0 spiro atoms. The van der Waals surface area contributed by atoms with Crippen molar-refractivity contribution in [1.29, 1.82) is 0 Å². The molecule has 1 nitrogen and oxygen atoms in total. The predicted octanol–water partition coefficient (Wildman–Crippen LogP) is 14.9.